The van der Waals surface area contributed by atoms with Crippen molar-refractivity contribution in [2.24, 2.45) is 0 Å². The van der Waals surface area contributed by atoms with Crippen molar-refractivity contribution in [1.29, 1.82) is 5.26 Å². The average Bonchev–Trinajstić information content (AvgIpc) is 3.08. The molecule has 5 nitrogen and oxygen atoms in total. The van der Waals surface area contributed by atoms with Gasteiger partial charge in [0.25, 0.3) is 11.8 Å². The lowest BCUT2D eigenvalue weighted by molar-refractivity contribution is 0.0887. The molecule has 2 amide bonds. The van der Waals surface area contributed by atoms with Crippen molar-refractivity contribution >= 4 is 22.7 Å². The van der Waals surface area contributed by atoms with Crippen LogP contribution in [-0.4, -0.2) is 16.5 Å². The summed E-state index contributed by atoms with van der Waals surface area (Å²) in [7, 11) is 0. The van der Waals surface area contributed by atoms with E-state index < -0.39 is 0 Å². The number of fused-ring (bicyclic) bond motifs is 2. The van der Waals surface area contributed by atoms with Crippen LogP contribution in [0.1, 0.15) is 45.3 Å². The lowest BCUT2D eigenvalue weighted by Crippen LogP contribution is -2.40. The second kappa shape index (κ2) is 5.60. The molecule has 1 aliphatic rings. The van der Waals surface area contributed by atoms with Crippen LogP contribution in [0.4, 0.5) is 0 Å². The quantitative estimate of drug-likeness (QED) is 0.692. The first-order chi connectivity index (χ1) is 12.2. The second-order valence-corrected chi connectivity index (χ2v) is 5.98. The van der Waals surface area contributed by atoms with Crippen LogP contribution < -0.4 is 5.01 Å². The van der Waals surface area contributed by atoms with Crippen molar-refractivity contribution in [2.75, 3.05) is 5.01 Å². The van der Waals surface area contributed by atoms with E-state index in [0.29, 0.717) is 34.3 Å². The first-order valence-electron chi connectivity index (χ1n) is 8.19. The number of imide groups is 1. The van der Waals surface area contributed by atoms with Crippen LogP contribution in [0.25, 0.3) is 10.9 Å². The molecule has 1 aromatic heterocycles. The van der Waals surface area contributed by atoms with Gasteiger partial charge >= 0.3 is 0 Å². The number of benzene rings is 2. The van der Waals surface area contributed by atoms with E-state index in [1.54, 1.807) is 28.9 Å². The van der Waals surface area contributed by atoms with Crippen LogP contribution in [0.3, 0.4) is 0 Å². The van der Waals surface area contributed by atoms with Crippen molar-refractivity contribution in [3.05, 3.63) is 70.9 Å². The molecule has 0 saturated heterocycles. The minimum absolute atomic E-state index is 0.358. The monoisotopic (exact) mass is 329 g/mol. The Balaban J connectivity index is 2.03. The number of nitriles is 1. The predicted molar refractivity (Wildman–Crippen MR) is 94.0 cm³/mol. The fourth-order valence-corrected chi connectivity index (χ4v) is 3.46. The number of carbonyl (C=O) groups is 2. The maximum Gasteiger partial charge on any atom is 0.281 e. The van der Waals surface area contributed by atoms with Gasteiger partial charge in [-0.05, 0) is 24.6 Å². The third-order valence-corrected chi connectivity index (χ3v) is 4.52. The van der Waals surface area contributed by atoms with Crippen molar-refractivity contribution in [3.8, 4) is 6.07 Å². The van der Waals surface area contributed by atoms with E-state index in [0.717, 1.165) is 11.8 Å². The first-order valence-corrected chi connectivity index (χ1v) is 8.19. The Morgan fingerprint density at radius 1 is 0.960 bits per heavy atom. The molecule has 1 aliphatic heterocycles. The maximum absolute atomic E-state index is 12.9. The second-order valence-electron chi connectivity index (χ2n) is 5.98. The van der Waals surface area contributed by atoms with Gasteiger partial charge in [-0.2, -0.15) is 10.3 Å². The number of nitrogens with zero attached hydrogens (tertiary/aromatic N) is 3. The lowest BCUT2D eigenvalue weighted by Gasteiger charge is -2.20. The maximum atomic E-state index is 12.9. The van der Waals surface area contributed by atoms with E-state index in [9.17, 15) is 14.9 Å². The molecular weight excluding hydrogens is 314 g/mol. The molecule has 2 heterocycles. The van der Waals surface area contributed by atoms with Crippen LogP contribution in [0, 0.1) is 11.3 Å². The number of aromatic nitrogens is 1. The van der Waals surface area contributed by atoms with Crippen LogP contribution in [0.5, 0.6) is 0 Å². The highest BCUT2D eigenvalue weighted by Crippen LogP contribution is 2.31. The zero-order valence-corrected chi connectivity index (χ0v) is 13.7. The molecule has 0 aliphatic carbocycles. The largest absolute Gasteiger partial charge is 0.281 e. The Bertz CT molecular complexity index is 1040. The van der Waals surface area contributed by atoms with E-state index in [2.05, 4.69) is 6.07 Å². The highest BCUT2D eigenvalue weighted by Gasteiger charge is 2.38. The minimum atomic E-state index is -0.358. The molecule has 2 aromatic carbocycles. The topological polar surface area (TPSA) is 66.1 Å². The number of hydrogen-bond donors (Lipinski definition) is 0. The van der Waals surface area contributed by atoms with Crippen LogP contribution in [-0.2, 0) is 6.42 Å². The number of rotatable bonds is 3. The normalized spacial score (nSPS) is 13.4. The standard InChI is InChI=1S/C20H15N3O2/c1-2-7-17-16(12-21)13-8-5-6-11-18(13)22(17)23-19(24)14-9-3-4-10-15(14)20(23)25/h3-6,8-11H,2,7H2,1H3. The van der Waals surface area contributed by atoms with Crippen molar-refractivity contribution in [3.63, 3.8) is 0 Å². The van der Waals surface area contributed by atoms with Crippen LogP contribution in [0.15, 0.2) is 48.5 Å². The molecule has 0 unspecified atom stereocenters. The first kappa shape index (κ1) is 15.2. The van der Waals surface area contributed by atoms with Gasteiger partial charge < -0.3 is 0 Å². The number of amides is 2. The Kier molecular flexibility index (Phi) is 3.40. The van der Waals surface area contributed by atoms with Gasteiger partial charge in [0.1, 0.15) is 6.07 Å². The molecule has 122 valence electrons. The molecule has 0 spiro atoms. The Labute approximate surface area is 144 Å². The molecule has 25 heavy (non-hydrogen) atoms. The van der Waals surface area contributed by atoms with Crippen LogP contribution in [0.2, 0.25) is 0 Å². The molecule has 0 fully saturated rings. The van der Waals surface area contributed by atoms with Crippen molar-refractivity contribution in [1.82, 2.24) is 4.68 Å². The molecule has 5 heteroatoms. The van der Waals surface area contributed by atoms with E-state index in [-0.39, 0.29) is 11.8 Å². The van der Waals surface area contributed by atoms with Gasteiger partial charge in [0.15, 0.2) is 0 Å². The average molecular weight is 329 g/mol. The van der Waals surface area contributed by atoms with E-state index in [4.69, 9.17) is 0 Å². The fraction of sp³-hybridized carbons (Fsp3) is 0.150. The molecular formula is C20H15N3O2. The van der Waals surface area contributed by atoms with E-state index in [1.807, 2.05) is 31.2 Å². The molecule has 0 atom stereocenters. The van der Waals surface area contributed by atoms with Gasteiger partial charge in [-0.1, -0.05) is 43.7 Å². The van der Waals surface area contributed by atoms with Gasteiger partial charge in [-0.15, -0.1) is 0 Å². The molecule has 0 N–H and O–H groups in total. The molecule has 0 saturated carbocycles. The summed E-state index contributed by atoms with van der Waals surface area (Å²) in [5, 5.41) is 11.6. The van der Waals surface area contributed by atoms with Gasteiger partial charge in [0.05, 0.1) is 27.9 Å². The third-order valence-electron chi connectivity index (χ3n) is 4.52. The van der Waals surface area contributed by atoms with Crippen LogP contribution >= 0.6 is 0 Å². The summed E-state index contributed by atoms with van der Waals surface area (Å²) in [5.41, 5.74) is 2.70. The highest BCUT2D eigenvalue weighted by atomic mass is 16.2. The zero-order chi connectivity index (χ0) is 17.6. The predicted octanol–water partition coefficient (Wildman–Crippen LogP) is 3.40. The molecule has 4 rings (SSSR count). The summed E-state index contributed by atoms with van der Waals surface area (Å²) in [6.07, 6.45) is 1.40. The minimum Gasteiger partial charge on any atom is -0.267 e. The highest BCUT2D eigenvalue weighted by molar-refractivity contribution is 6.31. The van der Waals surface area contributed by atoms with E-state index in [1.165, 1.54) is 5.01 Å². The summed E-state index contributed by atoms with van der Waals surface area (Å²) >= 11 is 0. The Morgan fingerprint density at radius 3 is 2.16 bits per heavy atom. The van der Waals surface area contributed by atoms with Gasteiger partial charge in [0.2, 0.25) is 0 Å². The fourth-order valence-electron chi connectivity index (χ4n) is 3.46. The Morgan fingerprint density at radius 2 is 1.56 bits per heavy atom. The summed E-state index contributed by atoms with van der Waals surface area (Å²) < 4.78 is 1.63. The number of hydrogen-bond acceptors (Lipinski definition) is 3. The third kappa shape index (κ3) is 2.01. The van der Waals surface area contributed by atoms with Crippen molar-refractivity contribution in [2.45, 2.75) is 19.8 Å². The zero-order valence-electron chi connectivity index (χ0n) is 13.7. The van der Waals surface area contributed by atoms with Crippen molar-refractivity contribution < 1.29 is 9.59 Å². The van der Waals surface area contributed by atoms with Gasteiger partial charge in [-0.3, -0.25) is 9.59 Å². The summed E-state index contributed by atoms with van der Waals surface area (Å²) in [6.45, 7) is 2.01. The lowest BCUT2D eigenvalue weighted by atomic mass is 10.1. The summed E-state index contributed by atoms with van der Waals surface area (Å²) in [4.78, 5) is 25.8. The SMILES string of the molecule is CCCc1c(C#N)c2ccccc2n1N1C(=O)c2ccccc2C1=O. The van der Waals surface area contributed by atoms with E-state index >= 15 is 0 Å². The number of carbonyl (C=O) groups excluding carboxylic acids is 2. The molecule has 0 bridgehead atoms. The number of para-hydroxylation sites is 1. The Hall–Kier alpha value is -3.39. The summed E-state index contributed by atoms with van der Waals surface area (Å²) in [6, 6.07) is 16.4. The van der Waals surface area contributed by atoms with Gasteiger partial charge in [-0.25, -0.2) is 4.68 Å². The van der Waals surface area contributed by atoms with Gasteiger partial charge in [0, 0.05) is 5.39 Å². The molecule has 0 radical (unpaired) electrons. The summed E-state index contributed by atoms with van der Waals surface area (Å²) in [5.74, 6) is -0.716. The molecule has 3 aromatic rings. The smallest absolute Gasteiger partial charge is 0.267 e.